The van der Waals surface area contributed by atoms with Crippen LogP contribution in [0.5, 0.6) is 0 Å². The first-order valence-electron chi connectivity index (χ1n) is 2.93. The Bertz CT molecular complexity index is 272. The Kier molecular flexibility index (Phi) is 3.83. The van der Waals surface area contributed by atoms with Crippen molar-refractivity contribution in [3.05, 3.63) is 10.1 Å². The van der Waals surface area contributed by atoms with Crippen LogP contribution < -0.4 is 17.2 Å². The van der Waals surface area contributed by atoms with Gasteiger partial charge < -0.3 is 16.7 Å². The van der Waals surface area contributed by atoms with E-state index >= 15 is 0 Å². The van der Waals surface area contributed by atoms with Crippen molar-refractivity contribution >= 4 is 5.96 Å². The van der Waals surface area contributed by atoms with Crippen molar-refractivity contribution < 1.29 is 10.3 Å². The van der Waals surface area contributed by atoms with E-state index in [0.717, 1.165) is 0 Å². The van der Waals surface area contributed by atoms with Crippen molar-refractivity contribution in [3.63, 3.8) is 0 Å². The van der Waals surface area contributed by atoms with Crippen LogP contribution in [0.1, 0.15) is 0 Å². The van der Waals surface area contributed by atoms with E-state index in [9.17, 15) is 0 Å². The average molecular weight is 205 g/mol. The second-order valence-electron chi connectivity index (χ2n) is 1.84. The van der Waals surface area contributed by atoms with E-state index in [1.807, 2.05) is 0 Å². The molecule has 0 aromatic carbocycles. The average Bonchev–Trinajstić information content (AvgIpc) is 2.32. The van der Waals surface area contributed by atoms with Crippen molar-refractivity contribution in [2.24, 2.45) is 42.9 Å². The van der Waals surface area contributed by atoms with Crippen molar-refractivity contribution in [1.29, 1.82) is 0 Å². The number of rotatable bonds is 1. The lowest BCUT2D eigenvalue weighted by Crippen LogP contribution is -2.36. The van der Waals surface area contributed by atoms with E-state index in [2.05, 4.69) is 25.7 Å². The summed E-state index contributed by atoms with van der Waals surface area (Å²) < 4.78 is 0. The molecule has 0 unspecified atom stereocenters. The third-order valence-electron chi connectivity index (χ3n) is 0.717. The summed E-state index contributed by atoms with van der Waals surface area (Å²) in [6, 6.07) is 0. The van der Waals surface area contributed by atoms with Crippen molar-refractivity contribution in [1.82, 2.24) is 0 Å². The van der Waals surface area contributed by atoms with Gasteiger partial charge in [0.05, 0.1) is 0 Å². The van der Waals surface area contributed by atoms with Gasteiger partial charge in [0, 0.05) is 0 Å². The zero-order chi connectivity index (χ0) is 11.2. The third-order valence-corrected chi connectivity index (χ3v) is 0.717. The topological polar surface area (TPSA) is 203 Å². The van der Waals surface area contributed by atoms with Crippen LogP contribution in [0, 0.1) is 10.1 Å². The second kappa shape index (κ2) is 4.61. The molecule has 0 spiro atoms. The maximum atomic E-state index is 8.36. The molecule has 0 aromatic heterocycles. The molecule has 12 nitrogen and oxygen atoms in total. The lowest BCUT2D eigenvalue weighted by molar-refractivity contribution is -0.742. The molecule has 0 bridgehead atoms. The molecule has 0 aromatic rings. The van der Waals surface area contributed by atoms with Crippen LogP contribution in [0.2, 0.25) is 0 Å². The lowest BCUT2D eigenvalue weighted by Gasteiger charge is -2.05. The van der Waals surface area contributed by atoms with Gasteiger partial charge in [-0.25, -0.2) is 0 Å². The summed E-state index contributed by atoms with van der Waals surface area (Å²) in [5.41, 5.74) is 15.3. The van der Waals surface area contributed by atoms with Crippen LogP contribution in [0.4, 0.5) is 0 Å². The Hall–Kier alpha value is -2.37. The molecule has 0 radical (unpaired) electrons. The van der Waals surface area contributed by atoms with Crippen molar-refractivity contribution in [2.75, 3.05) is 0 Å². The zero-order valence-corrected chi connectivity index (χ0v) is 6.68. The number of hydrogen-bond acceptors (Lipinski definition) is 8. The SMILES string of the molecule is NC(N)=NC1(N)N=NN=N1.O=[N+]([O-])O. The van der Waals surface area contributed by atoms with Crippen LogP contribution in [0.25, 0.3) is 0 Å². The summed E-state index contributed by atoms with van der Waals surface area (Å²) in [6.45, 7) is 0. The van der Waals surface area contributed by atoms with Crippen molar-refractivity contribution in [3.8, 4) is 0 Å². The molecule has 1 rings (SSSR count). The van der Waals surface area contributed by atoms with Gasteiger partial charge in [-0.2, -0.15) is 4.99 Å². The molecule has 0 atom stereocenters. The van der Waals surface area contributed by atoms with Crippen LogP contribution >= 0.6 is 0 Å². The normalized spacial score (nSPS) is 15.5. The number of nitrogens with two attached hydrogens (primary N) is 3. The van der Waals surface area contributed by atoms with E-state index < -0.39 is 11.0 Å². The molecule has 14 heavy (non-hydrogen) atoms. The summed E-state index contributed by atoms with van der Waals surface area (Å²) in [6.07, 6.45) is 0. The summed E-state index contributed by atoms with van der Waals surface area (Å²) >= 11 is 0. The van der Waals surface area contributed by atoms with E-state index in [4.69, 9.17) is 32.5 Å². The van der Waals surface area contributed by atoms with Crippen LogP contribution in [0.3, 0.4) is 0 Å². The molecule has 1 aliphatic heterocycles. The molecule has 0 amide bonds. The van der Waals surface area contributed by atoms with Gasteiger partial charge >= 0.3 is 5.91 Å². The van der Waals surface area contributed by atoms with Gasteiger partial charge in [0.15, 0.2) is 5.96 Å². The van der Waals surface area contributed by atoms with Gasteiger partial charge in [-0.15, -0.1) is 10.1 Å². The summed E-state index contributed by atoms with van der Waals surface area (Å²) in [4.78, 5) is 11.8. The Morgan fingerprint density at radius 1 is 1.43 bits per heavy atom. The number of hydrogen-bond donors (Lipinski definition) is 4. The molecular weight excluding hydrogens is 198 g/mol. The lowest BCUT2D eigenvalue weighted by atomic mass is 10.7. The zero-order valence-electron chi connectivity index (χ0n) is 6.68. The fraction of sp³-hybridized carbons (Fsp3) is 0.500. The minimum atomic E-state index is -1.53. The largest absolute Gasteiger partial charge is 0.370 e. The second-order valence-corrected chi connectivity index (χ2v) is 1.84. The Morgan fingerprint density at radius 2 is 1.79 bits per heavy atom. The van der Waals surface area contributed by atoms with Crippen LogP contribution in [-0.2, 0) is 0 Å². The smallest absolute Gasteiger partial charge is 0.346 e. The fourth-order valence-electron chi connectivity index (χ4n) is 0.426. The first-order valence-corrected chi connectivity index (χ1v) is 2.93. The minimum Gasteiger partial charge on any atom is -0.370 e. The predicted molar refractivity (Wildman–Crippen MR) is 41.2 cm³/mol. The Labute approximate surface area is 76.3 Å². The molecule has 12 heteroatoms. The monoisotopic (exact) mass is 205 g/mol. The van der Waals surface area contributed by atoms with E-state index in [1.165, 1.54) is 0 Å². The van der Waals surface area contributed by atoms with Crippen LogP contribution in [0.15, 0.2) is 25.7 Å². The quantitative estimate of drug-likeness (QED) is 0.170. The number of nitrogens with zero attached hydrogens (tertiary/aromatic N) is 6. The highest BCUT2D eigenvalue weighted by Gasteiger charge is 2.26. The van der Waals surface area contributed by atoms with E-state index in [-0.39, 0.29) is 5.96 Å². The molecule has 1 aliphatic rings. The molecule has 0 fully saturated rings. The molecule has 78 valence electrons. The third kappa shape index (κ3) is 5.30. The van der Waals surface area contributed by atoms with Gasteiger partial charge in [-0.05, 0) is 10.4 Å². The Balaban J connectivity index is 0.000000364. The van der Waals surface area contributed by atoms with Crippen molar-refractivity contribution in [2.45, 2.75) is 5.91 Å². The highest BCUT2D eigenvalue weighted by atomic mass is 16.9. The molecule has 0 saturated carbocycles. The minimum absolute atomic E-state index is 0.206. The van der Waals surface area contributed by atoms with Crippen LogP contribution in [-0.4, -0.2) is 22.2 Å². The molecule has 1 heterocycles. The summed E-state index contributed by atoms with van der Waals surface area (Å²) in [7, 11) is 0. The molecule has 0 aliphatic carbocycles. The molecular formula is C2H7N9O3. The number of guanidine groups is 1. The Morgan fingerprint density at radius 3 is 2.07 bits per heavy atom. The first-order chi connectivity index (χ1) is 6.36. The standard InChI is InChI=1S/C2H6N8.HNO3/c3-1(4)6-2(5)7-9-10-8-2;2-1(3)4/h5H2,(H4,3,4,6);(H,2,3,4). The van der Waals surface area contributed by atoms with Gasteiger partial charge in [0.1, 0.15) is 0 Å². The summed E-state index contributed by atoms with van der Waals surface area (Å²) in [5.74, 6) is -1.74. The predicted octanol–water partition coefficient (Wildman–Crippen LogP) is -1.68. The summed E-state index contributed by atoms with van der Waals surface area (Å²) in [5, 5.41) is 26.6. The maximum Gasteiger partial charge on any atom is 0.346 e. The highest BCUT2D eigenvalue weighted by Crippen LogP contribution is 2.13. The van der Waals surface area contributed by atoms with Gasteiger partial charge in [0.25, 0.3) is 5.09 Å². The van der Waals surface area contributed by atoms with Gasteiger partial charge in [-0.1, -0.05) is 10.2 Å². The van der Waals surface area contributed by atoms with E-state index in [0.29, 0.717) is 0 Å². The fourth-order valence-corrected chi connectivity index (χ4v) is 0.426. The molecule has 7 N–H and O–H groups in total. The highest BCUT2D eigenvalue weighted by molar-refractivity contribution is 5.76. The first kappa shape index (κ1) is 11.6. The van der Waals surface area contributed by atoms with E-state index in [1.54, 1.807) is 0 Å². The maximum absolute atomic E-state index is 8.36. The number of aliphatic imine (C=N–C) groups is 1. The van der Waals surface area contributed by atoms with Gasteiger partial charge in [0.2, 0.25) is 0 Å². The van der Waals surface area contributed by atoms with Gasteiger partial charge in [-0.3, -0.25) is 5.73 Å². The molecule has 0 saturated heterocycles.